The first-order valence-corrected chi connectivity index (χ1v) is 5.29. The van der Waals surface area contributed by atoms with Gasteiger partial charge in [-0.05, 0) is 12.1 Å². The molecule has 1 aliphatic heterocycles. The molecule has 0 spiro atoms. The maximum Gasteiger partial charge on any atom is 0.397 e. The number of hydrogen-bond donors (Lipinski definition) is 0. The average Bonchev–Trinajstić information content (AvgIpc) is 2.35. The van der Waals surface area contributed by atoms with E-state index < -0.39 is 18.0 Å². The molecule has 1 amide bonds. The van der Waals surface area contributed by atoms with Crippen molar-refractivity contribution >= 4 is 17.6 Å². The summed E-state index contributed by atoms with van der Waals surface area (Å²) >= 11 is 0. The van der Waals surface area contributed by atoms with Crippen LogP contribution < -0.4 is 4.90 Å². The minimum atomic E-state index is -0.831. The van der Waals surface area contributed by atoms with E-state index in [9.17, 15) is 9.59 Å². The molecule has 1 saturated heterocycles. The van der Waals surface area contributed by atoms with Gasteiger partial charge >= 0.3 is 11.9 Å². The van der Waals surface area contributed by atoms with Crippen LogP contribution in [-0.2, 0) is 19.1 Å². The Morgan fingerprint density at radius 3 is 2.71 bits per heavy atom. The Hall–Kier alpha value is -1.88. The first-order chi connectivity index (χ1) is 8.22. The lowest BCUT2D eigenvalue weighted by molar-refractivity contribution is -0.163. The molecule has 1 aliphatic rings. The van der Waals surface area contributed by atoms with Gasteiger partial charge in [0.25, 0.3) is 0 Å². The number of carbonyl (C=O) groups is 2. The summed E-state index contributed by atoms with van der Waals surface area (Å²) < 4.78 is 9.87. The maximum atomic E-state index is 11.7. The second-order valence-electron chi connectivity index (χ2n) is 3.73. The maximum absolute atomic E-state index is 11.7. The molecule has 1 aromatic carbocycles. The molecular formula is C12H13NO4. The minimum Gasteiger partial charge on any atom is -0.451 e. The third-order valence-corrected chi connectivity index (χ3v) is 2.50. The Morgan fingerprint density at radius 2 is 2.06 bits per heavy atom. The third kappa shape index (κ3) is 2.45. The number of nitrogens with zero attached hydrogens (tertiary/aromatic N) is 1. The predicted molar refractivity (Wildman–Crippen MR) is 60.6 cm³/mol. The van der Waals surface area contributed by atoms with Crippen LogP contribution in [0.2, 0.25) is 0 Å². The molecule has 1 aromatic rings. The molecule has 17 heavy (non-hydrogen) atoms. The molecule has 0 N–H and O–H groups in total. The lowest BCUT2D eigenvalue weighted by Gasteiger charge is -2.31. The fourth-order valence-electron chi connectivity index (χ4n) is 1.74. The van der Waals surface area contributed by atoms with E-state index in [1.54, 1.807) is 12.1 Å². The normalized spacial score (nSPS) is 20.3. The Bertz CT molecular complexity index is 418. The number of benzene rings is 1. The largest absolute Gasteiger partial charge is 0.451 e. The van der Waals surface area contributed by atoms with Gasteiger partial charge in [0, 0.05) is 12.8 Å². The summed E-state index contributed by atoms with van der Waals surface area (Å²) in [5, 5.41) is 0. The number of para-hydroxylation sites is 1. The quantitative estimate of drug-likeness (QED) is 0.568. The Morgan fingerprint density at radius 1 is 1.35 bits per heavy atom. The summed E-state index contributed by atoms with van der Waals surface area (Å²) in [7, 11) is 1.52. The Kier molecular flexibility index (Phi) is 3.39. The van der Waals surface area contributed by atoms with Crippen LogP contribution in [0.5, 0.6) is 0 Å². The summed E-state index contributed by atoms with van der Waals surface area (Å²) in [6.45, 7) is 0.602. The van der Waals surface area contributed by atoms with Crippen LogP contribution in [0.25, 0.3) is 0 Å². The molecule has 2 rings (SSSR count). The molecule has 0 bridgehead atoms. The first-order valence-electron chi connectivity index (χ1n) is 5.29. The topological polar surface area (TPSA) is 55.8 Å². The molecule has 90 valence electrons. The van der Waals surface area contributed by atoms with Crippen molar-refractivity contribution in [3.8, 4) is 0 Å². The smallest absolute Gasteiger partial charge is 0.397 e. The highest BCUT2D eigenvalue weighted by molar-refractivity contribution is 6.38. The van der Waals surface area contributed by atoms with Crippen molar-refractivity contribution < 1.29 is 19.1 Å². The summed E-state index contributed by atoms with van der Waals surface area (Å²) in [5.74, 6) is -1.47. The number of carbonyl (C=O) groups excluding carboxylic acids is 2. The molecule has 1 unspecified atom stereocenters. The number of hydrogen-bond acceptors (Lipinski definition) is 4. The van der Waals surface area contributed by atoms with Crippen molar-refractivity contribution in [1.82, 2.24) is 0 Å². The van der Waals surface area contributed by atoms with E-state index in [-0.39, 0.29) is 6.61 Å². The van der Waals surface area contributed by atoms with Crippen molar-refractivity contribution in [2.75, 3.05) is 25.2 Å². The van der Waals surface area contributed by atoms with E-state index in [0.717, 1.165) is 0 Å². The van der Waals surface area contributed by atoms with Crippen molar-refractivity contribution in [3.63, 3.8) is 0 Å². The van der Waals surface area contributed by atoms with Gasteiger partial charge in [0.2, 0.25) is 0 Å². The van der Waals surface area contributed by atoms with Gasteiger partial charge in [-0.2, -0.15) is 0 Å². The molecule has 0 radical (unpaired) electrons. The molecule has 1 fully saturated rings. The van der Waals surface area contributed by atoms with E-state index in [1.807, 2.05) is 18.2 Å². The molecule has 1 atom stereocenters. The number of morpholine rings is 1. The number of ether oxygens (including phenoxy) is 2. The van der Waals surface area contributed by atoms with Crippen LogP contribution in [0, 0.1) is 0 Å². The van der Waals surface area contributed by atoms with Gasteiger partial charge in [0.1, 0.15) is 6.10 Å². The van der Waals surface area contributed by atoms with Gasteiger partial charge in [0.15, 0.2) is 0 Å². The lowest BCUT2D eigenvalue weighted by Crippen LogP contribution is -2.51. The monoisotopic (exact) mass is 235 g/mol. The molecule has 1 heterocycles. The van der Waals surface area contributed by atoms with Crippen LogP contribution in [0.4, 0.5) is 5.69 Å². The Labute approximate surface area is 98.9 Å². The molecule has 0 saturated carbocycles. The van der Waals surface area contributed by atoms with Crippen molar-refractivity contribution in [2.24, 2.45) is 0 Å². The number of cyclic esters (lactones) is 1. The zero-order valence-corrected chi connectivity index (χ0v) is 9.46. The molecule has 0 aromatic heterocycles. The third-order valence-electron chi connectivity index (χ3n) is 2.50. The fraction of sp³-hybridized carbons (Fsp3) is 0.333. The van der Waals surface area contributed by atoms with Gasteiger partial charge < -0.3 is 9.47 Å². The van der Waals surface area contributed by atoms with Gasteiger partial charge in [-0.15, -0.1) is 0 Å². The SMILES string of the molecule is COCC1CN(c2ccccc2)C(=O)C(=O)O1. The van der Waals surface area contributed by atoms with Crippen molar-refractivity contribution in [1.29, 1.82) is 0 Å². The van der Waals surface area contributed by atoms with Gasteiger partial charge in [0.05, 0.1) is 13.2 Å². The van der Waals surface area contributed by atoms with E-state index in [1.165, 1.54) is 12.0 Å². The fourth-order valence-corrected chi connectivity index (χ4v) is 1.74. The second-order valence-corrected chi connectivity index (χ2v) is 3.73. The molecule has 5 heteroatoms. The first kappa shape index (κ1) is 11.6. The van der Waals surface area contributed by atoms with Crippen LogP contribution >= 0.6 is 0 Å². The predicted octanol–water partition coefficient (Wildman–Crippen LogP) is 0.591. The lowest BCUT2D eigenvalue weighted by atomic mass is 10.2. The number of methoxy groups -OCH3 is 1. The average molecular weight is 235 g/mol. The van der Waals surface area contributed by atoms with Gasteiger partial charge in [-0.3, -0.25) is 9.69 Å². The minimum absolute atomic E-state index is 0.280. The van der Waals surface area contributed by atoms with Crippen molar-refractivity contribution in [2.45, 2.75) is 6.10 Å². The second kappa shape index (κ2) is 4.97. The summed E-state index contributed by atoms with van der Waals surface area (Å²) in [5.41, 5.74) is 0.690. The van der Waals surface area contributed by atoms with Crippen LogP contribution in [0.3, 0.4) is 0 Å². The molecule has 0 aliphatic carbocycles. The van der Waals surface area contributed by atoms with E-state index in [4.69, 9.17) is 9.47 Å². The van der Waals surface area contributed by atoms with Crippen molar-refractivity contribution in [3.05, 3.63) is 30.3 Å². The summed E-state index contributed by atoms with van der Waals surface area (Å²) in [6.07, 6.45) is -0.412. The van der Waals surface area contributed by atoms with Gasteiger partial charge in [-0.1, -0.05) is 18.2 Å². The van der Waals surface area contributed by atoms with Crippen LogP contribution in [0.1, 0.15) is 0 Å². The van der Waals surface area contributed by atoms with E-state index in [2.05, 4.69) is 0 Å². The summed E-state index contributed by atoms with van der Waals surface area (Å²) in [4.78, 5) is 24.5. The zero-order chi connectivity index (χ0) is 12.3. The highest BCUT2D eigenvalue weighted by Crippen LogP contribution is 2.18. The number of anilines is 1. The standard InChI is InChI=1S/C12H13NO4/c1-16-8-10-7-13(11(14)12(15)17-10)9-5-3-2-4-6-9/h2-6,10H,7-8H2,1H3. The molecular weight excluding hydrogens is 222 g/mol. The number of amides is 1. The number of esters is 1. The Balaban J connectivity index is 2.20. The van der Waals surface area contributed by atoms with Crippen LogP contribution in [0.15, 0.2) is 30.3 Å². The highest BCUT2D eigenvalue weighted by Gasteiger charge is 2.35. The van der Waals surface area contributed by atoms with E-state index in [0.29, 0.717) is 12.2 Å². The number of rotatable bonds is 3. The van der Waals surface area contributed by atoms with Gasteiger partial charge in [-0.25, -0.2) is 4.79 Å². The molecule has 5 nitrogen and oxygen atoms in total. The van der Waals surface area contributed by atoms with E-state index >= 15 is 0 Å². The highest BCUT2D eigenvalue weighted by atomic mass is 16.6. The summed E-state index contributed by atoms with van der Waals surface area (Å²) in [6, 6.07) is 9.03. The van der Waals surface area contributed by atoms with Crippen LogP contribution in [-0.4, -0.2) is 38.2 Å². The zero-order valence-electron chi connectivity index (χ0n) is 9.46.